The number of aromatic amines is 1. The first-order valence-corrected chi connectivity index (χ1v) is 5.10. The van der Waals surface area contributed by atoms with Gasteiger partial charge in [-0.05, 0) is 17.7 Å². The Morgan fingerprint density at radius 1 is 1.44 bits per heavy atom. The minimum atomic E-state index is 0.0273. The fourth-order valence-corrected chi connectivity index (χ4v) is 1.77. The first-order valence-electron chi connectivity index (χ1n) is 5.10. The van der Waals surface area contributed by atoms with Crippen LogP contribution in [0.15, 0.2) is 24.3 Å². The second-order valence-electron chi connectivity index (χ2n) is 3.55. The summed E-state index contributed by atoms with van der Waals surface area (Å²) >= 11 is 0. The molecule has 4 heteroatoms. The van der Waals surface area contributed by atoms with Crippen molar-refractivity contribution in [3.63, 3.8) is 0 Å². The zero-order valence-electron chi connectivity index (χ0n) is 8.77. The van der Waals surface area contributed by atoms with E-state index in [0.29, 0.717) is 19.5 Å². The maximum absolute atomic E-state index is 10.0. The molecular formula is C12H13NO3. The highest BCUT2D eigenvalue weighted by Crippen LogP contribution is 2.20. The molecule has 2 aromatic rings. The van der Waals surface area contributed by atoms with Gasteiger partial charge in [-0.1, -0.05) is 12.1 Å². The van der Waals surface area contributed by atoms with Crippen molar-refractivity contribution < 1.29 is 14.6 Å². The molecule has 0 aliphatic heterocycles. The van der Waals surface area contributed by atoms with E-state index in [1.807, 2.05) is 24.3 Å². The Kier molecular flexibility index (Phi) is 3.22. The fraction of sp³-hybridized carbons (Fsp3) is 0.250. The molecule has 0 aliphatic carbocycles. The van der Waals surface area contributed by atoms with Crippen molar-refractivity contribution >= 4 is 17.4 Å². The van der Waals surface area contributed by atoms with E-state index in [0.717, 1.165) is 22.2 Å². The lowest BCUT2D eigenvalue weighted by Gasteiger charge is -1.96. The number of aromatic nitrogens is 1. The zero-order chi connectivity index (χ0) is 11.4. The number of fused-ring (bicyclic) bond motifs is 1. The average Bonchev–Trinajstić information content (AvgIpc) is 2.71. The van der Waals surface area contributed by atoms with Crippen LogP contribution in [-0.2, 0) is 22.6 Å². The lowest BCUT2D eigenvalue weighted by molar-refractivity contribution is -0.128. The summed E-state index contributed by atoms with van der Waals surface area (Å²) in [5.74, 6) is 0. The van der Waals surface area contributed by atoms with Gasteiger partial charge in [0, 0.05) is 23.0 Å². The molecule has 0 fully saturated rings. The van der Waals surface area contributed by atoms with Gasteiger partial charge in [0.15, 0.2) is 0 Å². The van der Waals surface area contributed by atoms with Gasteiger partial charge in [0.1, 0.15) is 0 Å². The molecule has 0 saturated heterocycles. The molecule has 2 N–H and O–H groups in total. The molecular weight excluding hydrogens is 206 g/mol. The lowest BCUT2D eigenvalue weighted by atomic mass is 10.1. The number of hydrogen-bond donors (Lipinski definition) is 2. The highest BCUT2D eigenvalue weighted by molar-refractivity contribution is 5.83. The molecule has 0 saturated carbocycles. The van der Waals surface area contributed by atoms with Crippen LogP contribution >= 0.6 is 0 Å². The minimum absolute atomic E-state index is 0.0273. The van der Waals surface area contributed by atoms with Crippen LogP contribution in [0, 0.1) is 0 Å². The fourth-order valence-electron chi connectivity index (χ4n) is 1.77. The van der Waals surface area contributed by atoms with Crippen LogP contribution in [0.4, 0.5) is 0 Å². The van der Waals surface area contributed by atoms with Crippen molar-refractivity contribution in [2.75, 3.05) is 6.61 Å². The van der Waals surface area contributed by atoms with Gasteiger partial charge in [0.25, 0.3) is 6.47 Å². The number of nitrogens with one attached hydrogen (secondary N) is 1. The van der Waals surface area contributed by atoms with Crippen molar-refractivity contribution in [3.05, 3.63) is 35.5 Å². The summed E-state index contributed by atoms with van der Waals surface area (Å²) in [4.78, 5) is 13.2. The van der Waals surface area contributed by atoms with Crippen molar-refractivity contribution in [2.24, 2.45) is 0 Å². The number of H-pyrrole nitrogens is 1. The summed E-state index contributed by atoms with van der Waals surface area (Å²) in [6.07, 6.45) is 0.651. The Bertz CT molecular complexity index is 490. The molecule has 0 spiro atoms. The molecule has 0 bridgehead atoms. The summed E-state index contributed by atoms with van der Waals surface area (Å²) in [7, 11) is 0. The molecule has 1 aromatic carbocycles. The molecule has 0 atom stereocenters. The first kappa shape index (κ1) is 10.7. The number of carbonyl (C=O) groups is 1. The van der Waals surface area contributed by atoms with Gasteiger partial charge >= 0.3 is 0 Å². The molecule has 2 rings (SSSR count). The van der Waals surface area contributed by atoms with E-state index in [4.69, 9.17) is 0 Å². The molecule has 0 aliphatic rings. The van der Waals surface area contributed by atoms with Crippen LogP contribution < -0.4 is 0 Å². The van der Waals surface area contributed by atoms with E-state index in [9.17, 15) is 9.90 Å². The molecule has 84 valence electrons. The Labute approximate surface area is 92.9 Å². The molecule has 0 radical (unpaired) electrons. The number of hydrogen-bond acceptors (Lipinski definition) is 3. The molecule has 0 amide bonds. The second kappa shape index (κ2) is 4.81. The molecule has 16 heavy (non-hydrogen) atoms. The topological polar surface area (TPSA) is 62.3 Å². The third-order valence-corrected chi connectivity index (χ3v) is 2.54. The summed E-state index contributed by atoms with van der Waals surface area (Å²) in [5.41, 5.74) is 2.89. The summed E-state index contributed by atoms with van der Waals surface area (Å²) in [6.45, 7) is 0.839. The third kappa shape index (κ3) is 2.06. The van der Waals surface area contributed by atoms with E-state index >= 15 is 0 Å². The van der Waals surface area contributed by atoms with Gasteiger partial charge in [-0.3, -0.25) is 4.79 Å². The normalized spacial score (nSPS) is 10.6. The Morgan fingerprint density at radius 2 is 2.31 bits per heavy atom. The van der Waals surface area contributed by atoms with Gasteiger partial charge in [0.05, 0.1) is 13.2 Å². The van der Waals surface area contributed by atoms with Gasteiger partial charge in [-0.2, -0.15) is 0 Å². The lowest BCUT2D eigenvalue weighted by Crippen LogP contribution is -1.96. The third-order valence-electron chi connectivity index (χ3n) is 2.54. The number of rotatable bonds is 5. The second-order valence-corrected chi connectivity index (χ2v) is 3.55. The standard InChI is InChI=1S/C12H13NO3/c14-7-9-2-1-3-12-11(9)6-10(13-12)4-5-16-8-15/h1-3,6,8,13-14H,4-5,7H2. The van der Waals surface area contributed by atoms with E-state index in [-0.39, 0.29) is 6.61 Å². The Morgan fingerprint density at radius 3 is 3.06 bits per heavy atom. The summed E-state index contributed by atoms with van der Waals surface area (Å²) < 4.78 is 4.64. The predicted molar refractivity (Wildman–Crippen MR) is 59.9 cm³/mol. The molecule has 1 aromatic heterocycles. The SMILES string of the molecule is O=COCCc1cc2c(CO)cccc2[nH]1. The maximum Gasteiger partial charge on any atom is 0.293 e. The maximum atomic E-state index is 10.0. The van der Waals surface area contributed by atoms with Crippen LogP contribution in [-0.4, -0.2) is 23.2 Å². The van der Waals surface area contributed by atoms with Crippen molar-refractivity contribution in [1.82, 2.24) is 4.98 Å². The molecule has 0 unspecified atom stereocenters. The van der Waals surface area contributed by atoms with E-state index in [2.05, 4.69) is 9.72 Å². The Hall–Kier alpha value is -1.81. The van der Waals surface area contributed by atoms with E-state index < -0.39 is 0 Å². The van der Waals surface area contributed by atoms with E-state index in [1.165, 1.54) is 0 Å². The number of aliphatic hydroxyl groups excluding tert-OH is 1. The smallest absolute Gasteiger partial charge is 0.293 e. The van der Waals surface area contributed by atoms with Gasteiger partial charge in [-0.25, -0.2) is 0 Å². The van der Waals surface area contributed by atoms with Crippen LogP contribution in [0.2, 0.25) is 0 Å². The monoisotopic (exact) mass is 219 g/mol. The van der Waals surface area contributed by atoms with Crippen LogP contribution in [0.3, 0.4) is 0 Å². The van der Waals surface area contributed by atoms with Gasteiger partial charge in [0.2, 0.25) is 0 Å². The largest absolute Gasteiger partial charge is 0.467 e. The Balaban J connectivity index is 2.25. The highest BCUT2D eigenvalue weighted by Gasteiger charge is 2.04. The first-order chi connectivity index (χ1) is 7.85. The molecule has 4 nitrogen and oxygen atoms in total. The predicted octanol–water partition coefficient (Wildman–Crippen LogP) is 1.38. The van der Waals surface area contributed by atoms with Crippen molar-refractivity contribution in [2.45, 2.75) is 13.0 Å². The minimum Gasteiger partial charge on any atom is -0.467 e. The van der Waals surface area contributed by atoms with Crippen molar-refractivity contribution in [1.29, 1.82) is 0 Å². The quantitative estimate of drug-likeness (QED) is 0.589. The summed E-state index contributed by atoms with van der Waals surface area (Å²) in [6, 6.07) is 7.73. The van der Waals surface area contributed by atoms with Crippen LogP contribution in [0.25, 0.3) is 10.9 Å². The van der Waals surface area contributed by atoms with E-state index in [1.54, 1.807) is 0 Å². The van der Waals surface area contributed by atoms with Gasteiger partial charge in [-0.15, -0.1) is 0 Å². The number of ether oxygens (including phenoxy) is 1. The average molecular weight is 219 g/mol. The number of aliphatic hydroxyl groups is 1. The number of carbonyl (C=O) groups excluding carboxylic acids is 1. The highest BCUT2D eigenvalue weighted by atomic mass is 16.5. The zero-order valence-corrected chi connectivity index (χ0v) is 8.77. The van der Waals surface area contributed by atoms with Gasteiger partial charge < -0.3 is 14.8 Å². The van der Waals surface area contributed by atoms with Crippen molar-refractivity contribution in [3.8, 4) is 0 Å². The van der Waals surface area contributed by atoms with Crippen LogP contribution in [0.5, 0.6) is 0 Å². The molecule has 1 heterocycles. The summed E-state index contributed by atoms with van der Waals surface area (Å²) in [5, 5.41) is 10.2. The van der Waals surface area contributed by atoms with Crippen LogP contribution in [0.1, 0.15) is 11.3 Å². The number of benzene rings is 1.